The van der Waals surface area contributed by atoms with Crippen LogP contribution in [0.5, 0.6) is 0 Å². The van der Waals surface area contributed by atoms with Gasteiger partial charge in [0.15, 0.2) is 0 Å². The van der Waals surface area contributed by atoms with Crippen molar-refractivity contribution in [3.63, 3.8) is 0 Å². The molecular formula is C15H18N2O2S. The van der Waals surface area contributed by atoms with E-state index in [9.17, 15) is 9.59 Å². The molecule has 0 aromatic heterocycles. The van der Waals surface area contributed by atoms with Crippen LogP contribution in [0.3, 0.4) is 0 Å². The van der Waals surface area contributed by atoms with Gasteiger partial charge in [-0.15, -0.1) is 11.8 Å². The molecule has 2 fully saturated rings. The van der Waals surface area contributed by atoms with E-state index in [0.717, 1.165) is 5.56 Å². The predicted molar refractivity (Wildman–Crippen MR) is 79.1 cm³/mol. The lowest BCUT2D eigenvalue weighted by Gasteiger charge is -2.21. The van der Waals surface area contributed by atoms with Crippen molar-refractivity contribution in [1.29, 1.82) is 0 Å². The zero-order valence-electron chi connectivity index (χ0n) is 11.2. The molecule has 1 atom stereocenters. The van der Waals surface area contributed by atoms with Crippen molar-refractivity contribution >= 4 is 23.6 Å². The van der Waals surface area contributed by atoms with Crippen LogP contribution in [0.25, 0.3) is 0 Å². The van der Waals surface area contributed by atoms with E-state index < -0.39 is 0 Å². The summed E-state index contributed by atoms with van der Waals surface area (Å²) in [5, 5.41) is 3.10. The Morgan fingerprint density at radius 1 is 1.35 bits per heavy atom. The fourth-order valence-corrected chi connectivity index (χ4v) is 3.40. The largest absolute Gasteiger partial charge is 0.347 e. The highest BCUT2D eigenvalue weighted by Gasteiger charge is 2.34. The number of carbonyl (C=O) groups excluding carboxylic acids is 2. The first kappa shape index (κ1) is 13.5. The molecule has 20 heavy (non-hydrogen) atoms. The van der Waals surface area contributed by atoms with Crippen molar-refractivity contribution in [2.24, 2.45) is 5.92 Å². The van der Waals surface area contributed by atoms with Gasteiger partial charge in [0.2, 0.25) is 11.8 Å². The van der Waals surface area contributed by atoms with Crippen LogP contribution in [-0.2, 0) is 9.59 Å². The van der Waals surface area contributed by atoms with E-state index in [-0.39, 0.29) is 24.4 Å². The number of nitrogens with zero attached hydrogens (tertiary/aromatic N) is 1. The Morgan fingerprint density at radius 2 is 2.10 bits per heavy atom. The van der Waals surface area contributed by atoms with Crippen LogP contribution < -0.4 is 5.32 Å². The number of benzene rings is 1. The van der Waals surface area contributed by atoms with Crippen LogP contribution >= 0.6 is 11.8 Å². The van der Waals surface area contributed by atoms with E-state index in [0.29, 0.717) is 17.5 Å². The number of hydrogen-bond acceptors (Lipinski definition) is 3. The van der Waals surface area contributed by atoms with Gasteiger partial charge in [0.25, 0.3) is 0 Å². The van der Waals surface area contributed by atoms with Crippen LogP contribution in [0.15, 0.2) is 30.3 Å². The lowest BCUT2D eigenvalue weighted by molar-refractivity contribution is -0.132. The summed E-state index contributed by atoms with van der Waals surface area (Å²) in [6.45, 7) is 0.182. The zero-order chi connectivity index (χ0) is 13.9. The number of carbonyl (C=O) groups is 2. The summed E-state index contributed by atoms with van der Waals surface area (Å²) in [7, 11) is 0. The van der Waals surface area contributed by atoms with Crippen molar-refractivity contribution in [2.75, 3.05) is 18.2 Å². The molecule has 106 valence electrons. The SMILES string of the molecule is O=C(CN1CSCC1=O)N[C@@H](c1ccccc1)C1CC1. The van der Waals surface area contributed by atoms with Gasteiger partial charge < -0.3 is 10.2 Å². The minimum atomic E-state index is -0.0541. The molecule has 1 aliphatic carbocycles. The van der Waals surface area contributed by atoms with E-state index in [2.05, 4.69) is 17.4 Å². The second-order valence-corrected chi connectivity index (χ2v) is 6.32. The van der Waals surface area contributed by atoms with Crippen molar-refractivity contribution in [1.82, 2.24) is 10.2 Å². The second-order valence-electron chi connectivity index (χ2n) is 5.36. The molecule has 5 heteroatoms. The molecule has 1 aromatic rings. The van der Waals surface area contributed by atoms with Crippen LogP contribution in [0.2, 0.25) is 0 Å². The zero-order valence-corrected chi connectivity index (χ0v) is 12.1. The smallest absolute Gasteiger partial charge is 0.240 e. The fourth-order valence-electron chi connectivity index (χ4n) is 2.50. The third kappa shape index (κ3) is 3.15. The highest BCUT2D eigenvalue weighted by Crippen LogP contribution is 2.40. The first-order chi connectivity index (χ1) is 9.74. The minimum absolute atomic E-state index is 0.0541. The molecule has 0 spiro atoms. The predicted octanol–water partition coefficient (Wildman–Crippen LogP) is 1.79. The molecular weight excluding hydrogens is 272 g/mol. The van der Waals surface area contributed by atoms with E-state index in [1.165, 1.54) is 12.8 Å². The maximum absolute atomic E-state index is 12.1. The third-order valence-electron chi connectivity index (χ3n) is 3.73. The number of rotatable bonds is 5. The normalized spacial score (nSPS) is 20.0. The molecule has 4 nitrogen and oxygen atoms in total. The molecule has 1 N–H and O–H groups in total. The number of amides is 2. The average molecular weight is 290 g/mol. The monoisotopic (exact) mass is 290 g/mol. The van der Waals surface area contributed by atoms with Crippen LogP contribution in [-0.4, -0.2) is 34.9 Å². The first-order valence-electron chi connectivity index (χ1n) is 6.94. The molecule has 0 bridgehead atoms. The minimum Gasteiger partial charge on any atom is -0.347 e. The van der Waals surface area contributed by atoms with Gasteiger partial charge in [-0.3, -0.25) is 9.59 Å². The van der Waals surface area contributed by atoms with Crippen molar-refractivity contribution in [3.8, 4) is 0 Å². The van der Waals surface area contributed by atoms with Crippen molar-refractivity contribution < 1.29 is 9.59 Å². The maximum Gasteiger partial charge on any atom is 0.240 e. The van der Waals surface area contributed by atoms with Crippen LogP contribution in [0.1, 0.15) is 24.4 Å². The summed E-state index contributed by atoms with van der Waals surface area (Å²) >= 11 is 1.56. The van der Waals surface area contributed by atoms with Gasteiger partial charge in [-0.05, 0) is 24.3 Å². The van der Waals surface area contributed by atoms with Gasteiger partial charge >= 0.3 is 0 Å². The molecule has 2 aliphatic rings. The quantitative estimate of drug-likeness (QED) is 0.899. The van der Waals surface area contributed by atoms with Gasteiger partial charge in [-0.1, -0.05) is 30.3 Å². The fraction of sp³-hybridized carbons (Fsp3) is 0.467. The standard InChI is InChI=1S/C15H18N2O2S/c18-13(8-17-10-20-9-14(17)19)16-15(12-6-7-12)11-4-2-1-3-5-11/h1-5,12,15H,6-10H2,(H,16,18)/t15-/m0/s1. The maximum atomic E-state index is 12.1. The van der Waals surface area contributed by atoms with E-state index in [4.69, 9.17) is 0 Å². The molecule has 1 saturated carbocycles. The molecule has 1 saturated heterocycles. The topological polar surface area (TPSA) is 49.4 Å². The van der Waals surface area contributed by atoms with Gasteiger partial charge in [0.05, 0.1) is 17.7 Å². The Labute approximate surface area is 122 Å². The molecule has 2 amide bonds. The highest BCUT2D eigenvalue weighted by molar-refractivity contribution is 8.00. The Morgan fingerprint density at radius 3 is 2.70 bits per heavy atom. The Bertz CT molecular complexity index is 502. The summed E-state index contributed by atoms with van der Waals surface area (Å²) in [5.74, 6) is 1.68. The van der Waals surface area contributed by atoms with Crippen molar-refractivity contribution in [3.05, 3.63) is 35.9 Å². The third-order valence-corrected chi connectivity index (χ3v) is 4.67. The molecule has 1 aliphatic heterocycles. The molecule has 0 radical (unpaired) electrons. The second kappa shape index (κ2) is 5.87. The summed E-state index contributed by atoms with van der Waals surface area (Å²) in [4.78, 5) is 25.3. The van der Waals surface area contributed by atoms with Crippen molar-refractivity contribution in [2.45, 2.75) is 18.9 Å². The lowest BCUT2D eigenvalue weighted by atomic mass is 10.0. The number of nitrogens with one attached hydrogen (secondary N) is 1. The Balaban J connectivity index is 1.62. The number of hydrogen-bond donors (Lipinski definition) is 1. The van der Waals surface area contributed by atoms with Gasteiger partial charge in [-0.2, -0.15) is 0 Å². The van der Waals surface area contributed by atoms with E-state index in [1.807, 2.05) is 18.2 Å². The first-order valence-corrected chi connectivity index (χ1v) is 8.09. The summed E-state index contributed by atoms with van der Waals surface area (Å²) in [5.41, 5.74) is 1.16. The lowest BCUT2D eigenvalue weighted by Crippen LogP contribution is -2.40. The molecule has 1 aromatic carbocycles. The van der Waals surface area contributed by atoms with Gasteiger partial charge in [-0.25, -0.2) is 0 Å². The van der Waals surface area contributed by atoms with Crippen LogP contribution in [0.4, 0.5) is 0 Å². The molecule has 3 rings (SSSR count). The van der Waals surface area contributed by atoms with Gasteiger partial charge in [0, 0.05) is 0 Å². The van der Waals surface area contributed by atoms with E-state index >= 15 is 0 Å². The Hall–Kier alpha value is -1.49. The molecule has 1 heterocycles. The summed E-state index contributed by atoms with van der Waals surface area (Å²) < 4.78 is 0. The Kier molecular flexibility index (Phi) is 3.96. The summed E-state index contributed by atoms with van der Waals surface area (Å²) in [6.07, 6.45) is 2.33. The van der Waals surface area contributed by atoms with Crippen LogP contribution in [0, 0.1) is 5.92 Å². The summed E-state index contributed by atoms with van der Waals surface area (Å²) in [6, 6.07) is 10.2. The average Bonchev–Trinajstić information content (AvgIpc) is 3.22. The van der Waals surface area contributed by atoms with E-state index in [1.54, 1.807) is 16.7 Å². The highest BCUT2D eigenvalue weighted by atomic mass is 32.2. The van der Waals surface area contributed by atoms with Gasteiger partial charge in [0.1, 0.15) is 6.54 Å². The molecule has 0 unspecified atom stereocenters. The number of thioether (sulfide) groups is 1.